The first-order valence-corrected chi connectivity index (χ1v) is 13.3. The van der Waals surface area contributed by atoms with E-state index in [1.807, 2.05) is 6.07 Å². The Kier molecular flexibility index (Phi) is 9.13. The summed E-state index contributed by atoms with van der Waals surface area (Å²) in [6.45, 7) is 3.33. The fourth-order valence-corrected chi connectivity index (χ4v) is 4.69. The van der Waals surface area contributed by atoms with Crippen LogP contribution in [0, 0.1) is 5.92 Å². The van der Waals surface area contributed by atoms with Crippen LogP contribution in [0.5, 0.6) is 0 Å². The van der Waals surface area contributed by atoms with Gasteiger partial charge in [0.1, 0.15) is 18.1 Å². The molecule has 0 spiro atoms. The molecule has 10 heteroatoms. The molecule has 3 atom stereocenters. The van der Waals surface area contributed by atoms with Gasteiger partial charge in [0.15, 0.2) is 0 Å². The molecule has 0 fully saturated rings. The number of rotatable bonds is 11. The van der Waals surface area contributed by atoms with Gasteiger partial charge in [0, 0.05) is 12.8 Å². The molecular weight excluding hydrogens is 524 g/mol. The SMILES string of the molecule is CC(C)[C@@H](NC(=O)[C@H](Cc1ccccc1)NC(=O)[C@H](Cc1ccccc1)n1c(=O)[nH]c2ccccc2c1=O)C(=O)O. The molecule has 0 radical (unpaired) electrons. The Labute approximate surface area is 236 Å². The molecule has 0 aliphatic heterocycles. The summed E-state index contributed by atoms with van der Waals surface area (Å²) in [5, 5.41) is 15.1. The van der Waals surface area contributed by atoms with Crippen molar-refractivity contribution in [1.82, 2.24) is 20.2 Å². The lowest BCUT2D eigenvalue weighted by Crippen LogP contribution is -2.56. The lowest BCUT2D eigenvalue weighted by atomic mass is 10.0. The lowest BCUT2D eigenvalue weighted by molar-refractivity contribution is -0.143. The van der Waals surface area contributed by atoms with Gasteiger partial charge in [0.2, 0.25) is 11.8 Å². The summed E-state index contributed by atoms with van der Waals surface area (Å²) in [6, 6.07) is 20.7. The number of para-hydroxylation sites is 1. The predicted molar refractivity (Wildman–Crippen MR) is 154 cm³/mol. The van der Waals surface area contributed by atoms with Crippen molar-refractivity contribution in [2.45, 2.75) is 44.8 Å². The zero-order valence-electron chi connectivity index (χ0n) is 22.7. The van der Waals surface area contributed by atoms with Crippen LogP contribution in [0.25, 0.3) is 10.9 Å². The van der Waals surface area contributed by atoms with Gasteiger partial charge in [0.05, 0.1) is 10.9 Å². The molecule has 1 heterocycles. The fraction of sp³-hybridized carbons (Fsp3) is 0.258. The number of benzene rings is 3. The number of aromatic nitrogens is 2. The molecule has 2 amide bonds. The van der Waals surface area contributed by atoms with Crippen molar-refractivity contribution in [1.29, 1.82) is 0 Å². The molecular formula is C31H32N4O6. The van der Waals surface area contributed by atoms with Crippen molar-refractivity contribution in [2.24, 2.45) is 5.92 Å². The number of nitrogens with one attached hydrogen (secondary N) is 3. The highest BCUT2D eigenvalue weighted by Crippen LogP contribution is 2.15. The predicted octanol–water partition coefficient (Wildman–Crippen LogP) is 2.43. The lowest BCUT2D eigenvalue weighted by Gasteiger charge is -2.26. The number of amides is 2. The van der Waals surface area contributed by atoms with Crippen molar-refractivity contribution in [3.05, 3.63) is 117 Å². The Morgan fingerprint density at radius 1 is 0.780 bits per heavy atom. The fourth-order valence-electron chi connectivity index (χ4n) is 4.69. The second-order valence-electron chi connectivity index (χ2n) is 10.2. The van der Waals surface area contributed by atoms with Crippen LogP contribution in [0.4, 0.5) is 0 Å². The first-order chi connectivity index (χ1) is 19.7. The topological polar surface area (TPSA) is 150 Å². The summed E-state index contributed by atoms with van der Waals surface area (Å²) in [4.78, 5) is 68.5. The maximum atomic E-state index is 13.9. The molecule has 10 nitrogen and oxygen atoms in total. The number of aromatic amines is 1. The minimum atomic E-state index is -1.30. The summed E-state index contributed by atoms with van der Waals surface area (Å²) >= 11 is 0. The highest BCUT2D eigenvalue weighted by molar-refractivity contribution is 5.92. The number of nitrogens with zero attached hydrogens (tertiary/aromatic N) is 1. The molecule has 4 rings (SSSR count). The quantitative estimate of drug-likeness (QED) is 0.223. The zero-order valence-corrected chi connectivity index (χ0v) is 22.7. The van der Waals surface area contributed by atoms with Gasteiger partial charge < -0.3 is 20.7 Å². The second-order valence-corrected chi connectivity index (χ2v) is 10.2. The molecule has 41 heavy (non-hydrogen) atoms. The normalized spacial score (nSPS) is 13.3. The van der Waals surface area contributed by atoms with E-state index >= 15 is 0 Å². The Balaban J connectivity index is 1.74. The van der Waals surface area contributed by atoms with Crippen molar-refractivity contribution >= 4 is 28.7 Å². The van der Waals surface area contributed by atoms with Gasteiger partial charge >= 0.3 is 11.7 Å². The van der Waals surface area contributed by atoms with Crippen LogP contribution < -0.4 is 21.9 Å². The Morgan fingerprint density at radius 3 is 1.93 bits per heavy atom. The maximum absolute atomic E-state index is 13.9. The molecule has 0 bridgehead atoms. The number of hydrogen-bond donors (Lipinski definition) is 4. The van der Waals surface area contributed by atoms with Crippen LogP contribution in [-0.2, 0) is 27.2 Å². The van der Waals surface area contributed by atoms with Crippen LogP contribution in [0.1, 0.15) is 31.0 Å². The molecule has 0 aliphatic carbocycles. The van der Waals surface area contributed by atoms with E-state index < -0.39 is 53.1 Å². The summed E-state index contributed by atoms with van der Waals surface area (Å²) in [5.41, 5.74) is 0.355. The minimum absolute atomic E-state index is 0.00256. The second kappa shape index (κ2) is 12.9. The smallest absolute Gasteiger partial charge is 0.329 e. The number of H-pyrrole nitrogens is 1. The van der Waals surface area contributed by atoms with Crippen LogP contribution in [0.15, 0.2) is 94.5 Å². The first-order valence-electron chi connectivity index (χ1n) is 13.3. The summed E-state index contributed by atoms with van der Waals surface area (Å²) in [5.74, 6) is -3.04. The number of aliphatic carboxylic acids is 1. The Bertz CT molecular complexity index is 1650. The van der Waals surface area contributed by atoms with Gasteiger partial charge in [-0.3, -0.25) is 14.4 Å². The van der Waals surface area contributed by atoms with Crippen LogP contribution in [0.2, 0.25) is 0 Å². The molecule has 1 aromatic heterocycles. The number of hydrogen-bond acceptors (Lipinski definition) is 5. The number of carboxylic acids is 1. The van der Waals surface area contributed by atoms with Crippen molar-refractivity contribution in [3.8, 4) is 0 Å². The van der Waals surface area contributed by atoms with E-state index in [0.29, 0.717) is 11.1 Å². The zero-order chi connectivity index (χ0) is 29.5. The van der Waals surface area contributed by atoms with E-state index in [1.165, 1.54) is 0 Å². The van der Waals surface area contributed by atoms with Crippen LogP contribution in [0.3, 0.4) is 0 Å². The minimum Gasteiger partial charge on any atom is -0.480 e. The summed E-state index contributed by atoms with van der Waals surface area (Å²) < 4.78 is 0.871. The molecule has 212 valence electrons. The van der Waals surface area contributed by atoms with Gasteiger partial charge in [-0.25, -0.2) is 14.2 Å². The van der Waals surface area contributed by atoms with E-state index in [0.717, 1.165) is 10.1 Å². The standard InChI is InChI=1S/C31H32N4O6/c1-19(2)26(30(39)40)34-27(36)24(17-20-11-5-3-6-12-20)32-28(37)25(18-21-13-7-4-8-14-21)35-29(38)22-15-9-10-16-23(22)33-31(35)41/h3-16,19,24-26H,17-18H2,1-2H3,(H,32,37)(H,33,41)(H,34,36)(H,39,40)/t24-,25-,26+/m0/s1. The molecule has 0 saturated heterocycles. The summed E-state index contributed by atoms with van der Waals surface area (Å²) in [6.07, 6.45) is 0.0568. The molecule has 0 unspecified atom stereocenters. The number of carbonyl (C=O) groups is 3. The Morgan fingerprint density at radius 2 is 1.34 bits per heavy atom. The summed E-state index contributed by atoms with van der Waals surface area (Å²) in [7, 11) is 0. The van der Waals surface area contributed by atoms with Gasteiger partial charge in [0.25, 0.3) is 5.56 Å². The average Bonchev–Trinajstić information content (AvgIpc) is 2.95. The van der Waals surface area contributed by atoms with E-state index in [4.69, 9.17) is 0 Å². The van der Waals surface area contributed by atoms with Crippen LogP contribution in [-0.4, -0.2) is 44.5 Å². The monoisotopic (exact) mass is 556 g/mol. The molecule has 4 N–H and O–H groups in total. The van der Waals surface area contributed by atoms with Gasteiger partial charge in [-0.15, -0.1) is 0 Å². The number of carboxylic acid groups (broad SMARTS) is 1. The molecule has 4 aromatic rings. The van der Waals surface area contributed by atoms with Gasteiger partial charge in [-0.05, 0) is 29.2 Å². The number of fused-ring (bicyclic) bond motifs is 1. The third-order valence-corrected chi connectivity index (χ3v) is 6.87. The molecule has 3 aromatic carbocycles. The molecule has 0 saturated carbocycles. The van der Waals surface area contributed by atoms with Crippen molar-refractivity contribution in [3.63, 3.8) is 0 Å². The average molecular weight is 557 g/mol. The van der Waals surface area contributed by atoms with E-state index in [2.05, 4.69) is 15.6 Å². The van der Waals surface area contributed by atoms with E-state index in [9.17, 15) is 29.1 Å². The highest BCUT2D eigenvalue weighted by Gasteiger charge is 2.32. The maximum Gasteiger partial charge on any atom is 0.329 e. The van der Waals surface area contributed by atoms with E-state index in [-0.39, 0.29) is 18.2 Å². The third-order valence-electron chi connectivity index (χ3n) is 6.87. The van der Waals surface area contributed by atoms with E-state index in [1.54, 1.807) is 92.7 Å². The Hall–Kier alpha value is -4.99. The van der Waals surface area contributed by atoms with Crippen molar-refractivity contribution in [2.75, 3.05) is 0 Å². The van der Waals surface area contributed by atoms with Crippen LogP contribution >= 0.6 is 0 Å². The molecule has 0 aliphatic rings. The largest absolute Gasteiger partial charge is 0.480 e. The highest BCUT2D eigenvalue weighted by atomic mass is 16.4. The number of carbonyl (C=O) groups excluding carboxylic acids is 2. The van der Waals surface area contributed by atoms with Gasteiger partial charge in [-0.1, -0.05) is 86.6 Å². The van der Waals surface area contributed by atoms with Crippen molar-refractivity contribution < 1.29 is 19.5 Å². The van der Waals surface area contributed by atoms with Gasteiger partial charge in [-0.2, -0.15) is 0 Å². The third kappa shape index (κ3) is 6.96. The first kappa shape index (κ1) is 29.0.